The summed E-state index contributed by atoms with van der Waals surface area (Å²) in [5, 5.41) is 9.66. The minimum absolute atomic E-state index is 0.177. The van der Waals surface area contributed by atoms with E-state index in [2.05, 4.69) is 0 Å². The van der Waals surface area contributed by atoms with E-state index in [0.717, 1.165) is 0 Å². The topological polar surface area (TPSA) is 49.8 Å². The van der Waals surface area contributed by atoms with Gasteiger partial charge in [0, 0.05) is 11.1 Å². The van der Waals surface area contributed by atoms with Gasteiger partial charge in [0.05, 0.1) is 22.5 Å². The summed E-state index contributed by atoms with van der Waals surface area (Å²) in [5.74, 6) is 0. The van der Waals surface area contributed by atoms with Gasteiger partial charge in [-0.1, -0.05) is 34.8 Å². The average Bonchev–Trinajstić information content (AvgIpc) is 2.11. The van der Waals surface area contributed by atoms with Crippen molar-refractivity contribution >= 4 is 34.8 Å². The molecule has 0 unspecified atom stereocenters. The van der Waals surface area contributed by atoms with Crippen LogP contribution in [0.5, 0.6) is 0 Å². The van der Waals surface area contributed by atoms with Gasteiger partial charge in [0.15, 0.2) is 0 Å². The van der Waals surface area contributed by atoms with E-state index in [9.17, 15) is 0 Å². The highest BCUT2D eigenvalue weighted by Gasteiger charge is 2.13. The number of halogens is 3. The molecule has 0 bridgehead atoms. The van der Waals surface area contributed by atoms with Gasteiger partial charge in [-0.2, -0.15) is 5.26 Å². The summed E-state index contributed by atoms with van der Waals surface area (Å²) in [7, 11) is 0. The molecule has 0 saturated carbocycles. The van der Waals surface area contributed by atoms with Crippen LogP contribution in [0.3, 0.4) is 0 Å². The predicted molar refractivity (Wildman–Crippen MR) is 58.6 cm³/mol. The van der Waals surface area contributed by atoms with Gasteiger partial charge in [-0.3, -0.25) is 0 Å². The first-order chi connectivity index (χ1) is 6.56. The molecule has 5 heteroatoms. The second kappa shape index (κ2) is 4.86. The van der Waals surface area contributed by atoms with Crippen molar-refractivity contribution in [3.63, 3.8) is 0 Å². The van der Waals surface area contributed by atoms with Gasteiger partial charge in [-0.25, -0.2) is 0 Å². The van der Waals surface area contributed by atoms with Crippen molar-refractivity contribution in [2.24, 2.45) is 5.73 Å². The molecule has 74 valence electrons. The Hall–Kier alpha value is -0.460. The van der Waals surface area contributed by atoms with E-state index in [1.165, 1.54) is 6.07 Å². The van der Waals surface area contributed by atoms with Crippen LogP contribution >= 0.6 is 34.8 Å². The maximum Gasteiger partial charge on any atom is 0.0641 e. The van der Waals surface area contributed by atoms with Crippen molar-refractivity contribution in [2.45, 2.75) is 12.5 Å². The number of rotatable bonds is 2. The van der Waals surface area contributed by atoms with Crippen LogP contribution in [0.2, 0.25) is 15.1 Å². The molecule has 1 aromatic carbocycles. The standard InChI is InChI=1S/C9H7Cl3N2/c10-5-3-6(8(14)1-2-13)9(12)7(11)4-5/h3-4,8H,1,14H2/t8-/m1/s1. The highest BCUT2D eigenvalue weighted by molar-refractivity contribution is 6.43. The Balaban J connectivity index is 3.14. The molecule has 0 aliphatic carbocycles. The Kier molecular flexibility index (Phi) is 4.03. The molecule has 0 amide bonds. The lowest BCUT2D eigenvalue weighted by Crippen LogP contribution is -2.10. The zero-order valence-corrected chi connectivity index (χ0v) is 9.37. The number of hydrogen-bond acceptors (Lipinski definition) is 2. The summed E-state index contributed by atoms with van der Waals surface area (Å²) in [6.45, 7) is 0. The summed E-state index contributed by atoms with van der Waals surface area (Å²) in [6, 6.07) is 4.67. The van der Waals surface area contributed by atoms with E-state index in [1.807, 2.05) is 6.07 Å². The molecular weight excluding hydrogens is 242 g/mol. The summed E-state index contributed by atoms with van der Waals surface area (Å²) < 4.78 is 0. The van der Waals surface area contributed by atoms with E-state index in [4.69, 9.17) is 45.8 Å². The highest BCUT2D eigenvalue weighted by atomic mass is 35.5. The quantitative estimate of drug-likeness (QED) is 0.815. The maximum atomic E-state index is 8.49. The Morgan fingerprint density at radius 2 is 2.00 bits per heavy atom. The first-order valence-corrected chi connectivity index (χ1v) is 4.96. The lowest BCUT2D eigenvalue weighted by atomic mass is 10.1. The normalized spacial score (nSPS) is 12.2. The monoisotopic (exact) mass is 248 g/mol. The van der Waals surface area contributed by atoms with E-state index in [0.29, 0.717) is 20.6 Å². The molecule has 0 aliphatic rings. The minimum atomic E-state index is -0.455. The van der Waals surface area contributed by atoms with Gasteiger partial charge in [-0.15, -0.1) is 0 Å². The molecule has 2 nitrogen and oxygen atoms in total. The van der Waals surface area contributed by atoms with E-state index in [1.54, 1.807) is 6.07 Å². The van der Waals surface area contributed by atoms with Crippen LogP contribution in [0.15, 0.2) is 12.1 Å². The first kappa shape index (κ1) is 11.6. The van der Waals surface area contributed by atoms with Crippen LogP contribution in [-0.2, 0) is 0 Å². The number of hydrogen-bond donors (Lipinski definition) is 1. The van der Waals surface area contributed by atoms with Crippen molar-refractivity contribution in [2.75, 3.05) is 0 Å². The summed E-state index contributed by atoms with van der Waals surface area (Å²) in [4.78, 5) is 0. The fraction of sp³-hybridized carbons (Fsp3) is 0.222. The van der Waals surface area contributed by atoms with Gasteiger partial charge in [0.2, 0.25) is 0 Å². The van der Waals surface area contributed by atoms with Crippen molar-refractivity contribution in [1.29, 1.82) is 5.26 Å². The van der Waals surface area contributed by atoms with Crippen LogP contribution < -0.4 is 5.73 Å². The van der Waals surface area contributed by atoms with Crippen LogP contribution in [0.25, 0.3) is 0 Å². The predicted octanol–water partition coefficient (Wildman–Crippen LogP) is 3.56. The van der Waals surface area contributed by atoms with Crippen molar-refractivity contribution in [1.82, 2.24) is 0 Å². The lowest BCUT2D eigenvalue weighted by molar-refractivity contribution is 0.749. The molecule has 14 heavy (non-hydrogen) atoms. The van der Waals surface area contributed by atoms with Gasteiger partial charge >= 0.3 is 0 Å². The molecule has 0 radical (unpaired) electrons. The molecule has 1 rings (SSSR count). The third-order valence-corrected chi connectivity index (χ3v) is 2.77. The first-order valence-electron chi connectivity index (χ1n) is 3.83. The van der Waals surface area contributed by atoms with Gasteiger partial charge in [-0.05, 0) is 17.7 Å². The molecule has 2 N–H and O–H groups in total. The molecule has 1 atom stereocenters. The van der Waals surface area contributed by atoms with Gasteiger partial charge in [0.25, 0.3) is 0 Å². The number of nitrogens with zero attached hydrogens (tertiary/aromatic N) is 1. The molecule has 0 heterocycles. The van der Waals surface area contributed by atoms with Crippen molar-refractivity contribution < 1.29 is 0 Å². The highest BCUT2D eigenvalue weighted by Crippen LogP contribution is 2.33. The Morgan fingerprint density at radius 1 is 1.36 bits per heavy atom. The fourth-order valence-electron chi connectivity index (χ4n) is 1.05. The van der Waals surface area contributed by atoms with Crippen LogP contribution in [0.1, 0.15) is 18.0 Å². The van der Waals surface area contributed by atoms with E-state index < -0.39 is 6.04 Å². The zero-order valence-electron chi connectivity index (χ0n) is 7.10. The van der Waals surface area contributed by atoms with Crippen molar-refractivity contribution in [3.8, 4) is 6.07 Å². The average molecular weight is 250 g/mol. The number of nitrogens with two attached hydrogens (primary N) is 1. The van der Waals surface area contributed by atoms with Gasteiger partial charge in [0.1, 0.15) is 0 Å². The number of nitriles is 1. The van der Waals surface area contributed by atoms with Gasteiger partial charge < -0.3 is 5.73 Å². The maximum absolute atomic E-state index is 8.49. The largest absolute Gasteiger partial charge is 0.323 e. The molecule has 0 saturated heterocycles. The second-order valence-corrected chi connectivity index (χ2v) is 3.98. The van der Waals surface area contributed by atoms with Crippen molar-refractivity contribution in [3.05, 3.63) is 32.8 Å². The Labute approximate surface area is 97.2 Å². The molecule has 0 aliphatic heterocycles. The molecule has 0 spiro atoms. The van der Waals surface area contributed by atoms with Crippen LogP contribution in [-0.4, -0.2) is 0 Å². The molecule has 1 aromatic rings. The summed E-state index contributed by atoms with van der Waals surface area (Å²) in [5.41, 5.74) is 6.32. The van der Waals surface area contributed by atoms with Crippen LogP contribution in [0, 0.1) is 11.3 Å². The Morgan fingerprint density at radius 3 is 2.57 bits per heavy atom. The van der Waals surface area contributed by atoms with E-state index >= 15 is 0 Å². The second-order valence-electron chi connectivity index (χ2n) is 2.76. The fourth-order valence-corrected chi connectivity index (χ4v) is 1.81. The summed E-state index contributed by atoms with van der Waals surface area (Å²) >= 11 is 17.5. The minimum Gasteiger partial charge on any atom is -0.323 e. The number of benzene rings is 1. The molecule has 0 fully saturated rings. The molecular formula is C9H7Cl3N2. The summed E-state index contributed by atoms with van der Waals surface area (Å²) in [6.07, 6.45) is 0.177. The SMILES string of the molecule is N#CC[C@@H](N)c1cc(Cl)cc(Cl)c1Cl. The Bertz CT molecular complexity index is 384. The zero-order chi connectivity index (χ0) is 10.7. The lowest BCUT2D eigenvalue weighted by Gasteiger charge is -2.11. The smallest absolute Gasteiger partial charge is 0.0641 e. The van der Waals surface area contributed by atoms with E-state index in [-0.39, 0.29) is 6.42 Å². The van der Waals surface area contributed by atoms with Crippen LogP contribution in [0.4, 0.5) is 0 Å². The third-order valence-electron chi connectivity index (χ3n) is 1.73. The molecule has 0 aromatic heterocycles. The third kappa shape index (κ3) is 2.52.